The molecule has 34 heavy (non-hydrogen) atoms. The molecule has 0 aromatic carbocycles. The van der Waals surface area contributed by atoms with Gasteiger partial charge in [-0.3, -0.25) is 0 Å². The molecule has 200 valence electrons. The number of nitrogens with two attached hydrogens (primary N) is 3. The van der Waals surface area contributed by atoms with Gasteiger partial charge in [-0.1, -0.05) is 0 Å². The minimum atomic E-state index is -1.46. The maximum Gasteiger partial charge on any atom is 0.185 e. The molecule has 7 unspecified atom stereocenters. The zero-order chi connectivity index (χ0) is 25.5. The van der Waals surface area contributed by atoms with E-state index in [2.05, 4.69) is 5.32 Å². The summed E-state index contributed by atoms with van der Waals surface area (Å²) in [5, 5.41) is 65.2. The Morgan fingerprint density at radius 3 is 2.03 bits per heavy atom. The van der Waals surface area contributed by atoms with Gasteiger partial charge in [0.15, 0.2) is 12.6 Å². The second kappa shape index (κ2) is 10.8. The van der Waals surface area contributed by atoms with Crippen LogP contribution in [0.3, 0.4) is 0 Å². The molecule has 0 spiro atoms. The summed E-state index contributed by atoms with van der Waals surface area (Å²) in [6.45, 7) is 2.75. The number of nitrogens with one attached hydrogen (secondary N) is 1. The molecule has 15 atom stereocenters. The van der Waals surface area contributed by atoms with Crippen LogP contribution in [0.25, 0.3) is 0 Å². The lowest BCUT2D eigenvalue weighted by atomic mass is 9.84. The molecule has 0 aromatic heterocycles. The van der Waals surface area contributed by atoms with Crippen molar-refractivity contribution < 1.29 is 49.6 Å². The van der Waals surface area contributed by atoms with E-state index in [-0.39, 0.29) is 13.0 Å². The van der Waals surface area contributed by atoms with Crippen molar-refractivity contribution in [3.8, 4) is 0 Å². The van der Waals surface area contributed by atoms with Crippen LogP contribution < -0.4 is 22.5 Å². The van der Waals surface area contributed by atoms with Crippen LogP contribution in [-0.2, 0) is 18.9 Å². The van der Waals surface area contributed by atoms with Crippen LogP contribution in [0.4, 0.5) is 0 Å². The number of ether oxygens (including phenoxy) is 4. The van der Waals surface area contributed by atoms with E-state index >= 15 is 0 Å². The van der Waals surface area contributed by atoms with Crippen molar-refractivity contribution in [3.63, 3.8) is 0 Å². The molecule has 1 saturated carbocycles. The highest BCUT2D eigenvalue weighted by molar-refractivity contribution is 5.02. The number of hydrogen-bond donors (Lipinski definition) is 10. The number of hydrogen-bond acceptors (Lipinski definition) is 14. The van der Waals surface area contributed by atoms with Crippen molar-refractivity contribution in [1.29, 1.82) is 0 Å². The Kier molecular flexibility index (Phi) is 8.92. The van der Waals surface area contributed by atoms with Gasteiger partial charge in [0.2, 0.25) is 0 Å². The highest BCUT2D eigenvalue weighted by Gasteiger charge is 2.52. The van der Waals surface area contributed by atoms with Gasteiger partial charge in [-0.05, 0) is 27.3 Å². The molecule has 14 heteroatoms. The molecule has 0 amide bonds. The first-order chi connectivity index (χ1) is 15.8. The Labute approximate surface area is 197 Å². The van der Waals surface area contributed by atoms with Crippen LogP contribution in [0.15, 0.2) is 0 Å². The summed E-state index contributed by atoms with van der Waals surface area (Å²) in [6, 6.07) is -3.47. The van der Waals surface area contributed by atoms with Gasteiger partial charge < -0.3 is 72.1 Å². The predicted molar refractivity (Wildman–Crippen MR) is 116 cm³/mol. The van der Waals surface area contributed by atoms with Gasteiger partial charge in [0.25, 0.3) is 0 Å². The van der Waals surface area contributed by atoms with Crippen molar-refractivity contribution in [3.05, 3.63) is 0 Å². The van der Waals surface area contributed by atoms with E-state index < -0.39 is 91.2 Å². The maximum atomic E-state index is 11.1. The topological polar surface area (TPSA) is 248 Å². The average molecular weight is 497 g/mol. The second-order valence-corrected chi connectivity index (χ2v) is 9.82. The highest BCUT2D eigenvalue weighted by Crippen LogP contribution is 2.32. The van der Waals surface area contributed by atoms with Gasteiger partial charge >= 0.3 is 0 Å². The largest absolute Gasteiger partial charge is 0.391 e. The summed E-state index contributed by atoms with van der Waals surface area (Å²) in [7, 11) is 1.58. The van der Waals surface area contributed by atoms with Crippen LogP contribution in [-0.4, -0.2) is 135 Å². The molecule has 0 bridgehead atoms. The lowest BCUT2D eigenvalue weighted by Gasteiger charge is -2.49. The molecule has 3 fully saturated rings. The summed E-state index contributed by atoms with van der Waals surface area (Å²) in [5.74, 6) is 0. The Morgan fingerprint density at radius 2 is 1.50 bits per heavy atom. The summed E-state index contributed by atoms with van der Waals surface area (Å²) in [4.78, 5) is 0. The van der Waals surface area contributed by atoms with Crippen LogP contribution in [0.2, 0.25) is 0 Å². The number of rotatable bonds is 6. The lowest BCUT2D eigenvalue weighted by molar-refractivity contribution is -0.319. The van der Waals surface area contributed by atoms with Gasteiger partial charge in [-0.2, -0.15) is 0 Å². The fourth-order valence-corrected chi connectivity index (χ4v) is 4.95. The Balaban J connectivity index is 1.73. The molecule has 2 heterocycles. The summed E-state index contributed by atoms with van der Waals surface area (Å²) >= 11 is 0. The molecule has 3 rings (SSSR count). The third kappa shape index (κ3) is 5.40. The summed E-state index contributed by atoms with van der Waals surface area (Å²) < 4.78 is 22.8. The van der Waals surface area contributed by atoms with Gasteiger partial charge in [-0.15, -0.1) is 0 Å². The predicted octanol–water partition coefficient (Wildman–Crippen LogP) is -5.61. The lowest BCUT2D eigenvalue weighted by Crippen LogP contribution is -2.69. The van der Waals surface area contributed by atoms with Gasteiger partial charge in [0, 0.05) is 12.1 Å². The third-order valence-corrected chi connectivity index (χ3v) is 6.95. The Bertz CT molecular complexity index is 675. The molecule has 2 aliphatic heterocycles. The standard InChI is InChI=1S/C20H40N4O10/c1-6(25)14-11(27)10(26)9(23)18(32-14)33-15-7(21)4-8(22)16(12(15)28)34-19-13(29)17(24-3)20(2,30)5-31-19/h6-19,24-30H,4-5,21-23H2,1-3H3/t6?,7?,8-,9?,10-,11+,12+,13-,14?,15-,16?,17?,18-,19?,20+/m1/s1. The van der Waals surface area contributed by atoms with E-state index in [1.165, 1.54) is 13.8 Å². The molecule has 1 aliphatic carbocycles. The van der Waals surface area contributed by atoms with Crippen molar-refractivity contribution in [1.82, 2.24) is 5.32 Å². The molecular formula is C20H40N4O10. The van der Waals surface area contributed by atoms with Crippen LogP contribution in [0.1, 0.15) is 20.3 Å². The number of likely N-dealkylation sites (N-methyl/N-ethyl adjacent to an activating group) is 1. The first-order valence-electron chi connectivity index (χ1n) is 11.4. The van der Waals surface area contributed by atoms with E-state index in [1.807, 2.05) is 0 Å². The van der Waals surface area contributed by atoms with Gasteiger partial charge in [0.05, 0.1) is 24.8 Å². The van der Waals surface area contributed by atoms with E-state index in [4.69, 9.17) is 36.1 Å². The van der Waals surface area contributed by atoms with Crippen molar-refractivity contribution >= 4 is 0 Å². The molecule has 14 nitrogen and oxygen atoms in total. The summed E-state index contributed by atoms with van der Waals surface area (Å²) in [5.41, 5.74) is 17.0. The molecule has 0 aromatic rings. The first-order valence-corrected chi connectivity index (χ1v) is 11.4. The van der Waals surface area contributed by atoms with Crippen molar-refractivity contribution in [2.45, 2.75) is 111 Å². The normalized spacial score (nSPS) is 53.5. The summed E-state index contributed by atoms with van der Waals surface area (Å²) in [6.07, 6.45) is -12.4. The third-order valence-electron chi connectivity index (χ3n) is 6.95. The SMILES string of the molecule is CNC1[C@@H](O)C(OC2[C@H](N)CC(N)[C@@H](O[C@H]3OC(C(C)O)[C@@H](O)[C@H](O)C3N)[C@@H]2O)OC[C@]1(C)O. The van der Waals surface area contributed by atoms with Gasteiger partial charge in [-0.25, -0.2) is 0 Å². The van der Waals surface area contributed by atoms with Crippen molar-refractivity contribution in [2.75, 3.05) is 13.7 Å². The zero-order valence-corrected chi connectivity index (χ0v) is 19.5. The molecule has 2 saturated heterocycles. The Hall–Kier alpha value is -0.560. The minimum Gasteiger partial charge on any atom is -0.391 e. The van der Waals surface area contributed by atoms with Crippen LogP contribution in [0, 0.1) is 0 Å². The van der Waals surface area contributed by atoms with Gasteiger partial charge in [0.1, 0.15) is 48.3 Å². The second-order valence-electron chi connectivity index (χ2n) is 9.82. The quantitative estimate of drug-likeness (QED) is 0.165. The van der Waals surface area contributed by atoms with Crippen LogP contribution in [0.5, 0.6) is 0 Å². The van der Waals surface area contributed by atoms with E-state index in [0.29, 0.717) is 0 Å². The van der Waals surface area contributed by atoms with Crippen molar-refractivity contribution in [2.24, 2.45) is 17.2 Å². The number of aliphatic hydroxyl groups is 6. The fraction of sp³-hybridized carbons (Fsp3) is 1.00. The fourth-order valence-electron chi connectivity index (χ4n) is 4.95. The zero-order valence-electron chi connectivity index (χ0n) is 19.5. The maximum absolute atomic E-state index is 11.1. The minimum absolute atomic E-state index is 0.135. The van der Waals surface area contributed by atoms with E-state index in [9.17, 15) is 30.6 Å². The molecule has 0 radical (unpaired) electrons. The number of aliphatic hydroxyl groups excluding tert-OH is 5. The smallest absolute Gasteiger partial charge is 0.185 e. The van der Waals surface area contributed by atoms with E-state index in [1.54, 1.807) is 7.05 Å². The first kappa shape index (κ1) is 28.0. The molecule has 3 aliphatic rings. The molecule has 13 N–H and O–H groups in total. The average Bonchev–Trinajstić information content (AvgIpc) is 2.75. The monoisotopic (exact) mass is 496 g/mol. The highest BCUT2D eigenvalue weighted by atomic mass is 16.7. The molecular weight excluding hydrogens is 456 g/mol. The van der Waals surface area contributed by atoms with Crippen LogP contribution >= 0.6 is 0 Å². The Morgan fingerprint density at radius 1 is 0.941 bits per heavy atom. The van der Waals surface area contributed by atoms with E-state index in [0.717, 1.165) is 0 Å².